The standard InChI is InChI=1S/C10H13N3/c1-2-7-5-12-10-9(13-7)8-3-6(8)4-11-10/h5-6,8H,2-4H2,1H3,(H,11,12). The minimum Gasteiger partial charge on any atom is -0.368 e. The van der Waals surface area contributed by atoms with Gasteiger partial charge in [0.2, 0.25) is 0 Å². The van der Waals surface area contributed by atoms with Crippen molar-refractivity contribution in [2.75, 3.05) is 11.9 Å². The maximum atomic E-state index is 4.63. The summed E-state index contributed by atoms with van der Waals surface area (Å²) in [6, 6.07) is 0. The summed E-state index contributed by atoms with van der Waals surface area (Å²) < 4.78 is 0. The van der Waals surface area contributed by atoms with Gasteiger partial charge in [-0.3, -0.25) is 4.98 Å². The van der Waals surface area contributed by atoms with Gasteiger partial charge in [-0.2, -0.15) is 0 Å². The molecule has 3 heteroatoms. The third-order valence-corrected chi connectivity index (χ3v) is 3.02. The van der Waals surface area contributed by atoms with Gasteiger partial charge in [-0.05, 0) is 18.8 Å². The molecular weight excluding hydrogens is 162 g/mol. The van der Waals surface area contributed by atoms with E-state index in [1.54, 1.807) is 0 Å². The third kappa shape index (κ3) is 1.03. The average Bonchev–Trinajstić information content (AvgIpc) is 2.96. The van der Waals surface area contributed by atoms with Gasteiger partial charge >= 0.3 is 0 Å². The van der Waals surface area contributed by atoms with Crippen molar-refractivity contribution in [1.82, 2.24) is 9.97 Å². The SMILES string of the molecule is CCc1cnc2c(n1)C1CC1CN2. The van der Waals surface area contributed by atoms with Gasteiger partial charge in [0.15, 0.2) is 0 Å². The second kappa shape index (κ2) is 2.44. The van der Waals surface area contributed by atoms with E-state index in [1.165, 1.54) is 12.1 Å². The first-order chi connectivity index (χ1) is 6.38. The van der Waals surface area contributed by atoms with Gasteiger partial charge in [0, 0.05) is 12.5 Å². The Hall–Kier alpha value is -1.12. The predicted molar refractivity (Wildman–Crippen MR) is 50.7 cm³/mol. The van der Waals surface area contributed by atoms with Gasteiger partial charge in [0.1, 0.15) is 5.82 Å². The van der Waals surface area contributed by atoms with Crippen molar-refractivity contribution in [3.63, 3.8) is 0 Å². The van der Waals surface area contributed by atoms with Crippen LogP contribution in [0.2, 0.25) is 0 Å². The summed E-state index contributed by atoms with van der Waals surface area (Å²) >= 11 is 0. The molecule has 1 aromatic heterocycles. The maximum absolute atomic E-state index is 4.63. The first kappa shape index (κ1) is 7.30. The third-order valence-electron chi connectivity index (χ3n) is 3.02. The summed E-state index contributed by atoms with van der Waals surface area (Å²) in [5.74, 6) is 2.58. The minimum atomic E-state index is 0.718. The van der Waals surface area contributed by atoms with Crippen LogP contribution in [0.5, 0.6) is 0 Å². The molecule has 0 amide bonds. The Kier molecular flexibility index (Phi) is 1.37. The first-order valence-electron chi connectivity index (χ1n) is 4.98. The highest BCUT2D eigenvalue weighted by Gasteiger charge is 2.44. The van der Waals surface area contributed by atoms with E-state index < -0.39 is 0 Å². The van der Waals surface area contributed by atoms with E-state index in [4.69, 9.17) is 0 Å². The van der Waals surface area contributed by atoms with Gasteiger partial charge in [0.05, 0.1) is 17.6 Å². The summed E-state index contributed by atoms with van der Waals surface area (Å²) in [6.45, 7) is 3.22. The topological polar surface area (TPSA) is 37.8 Å². The van der Waals surface area contributed by atoms with Crippen LogP contribution in [0, 0.1) is 5.92 Å². The van der Waals surface area contributed by atoms with Crippen LogP contribution in [0.3, 0.4) is 0 Å². The highest BCUT2D eigenvalue weighted by Crippen LogP contribution is 2.51. The zero-order valence-electron chi connectivity index (χ0n) is 7.75. The molecule has 13 heavy (non-hydrogen) atoms. The number of nitrogens with one attached hydrogen (secondary N) is 1. The fourth-order valence-corrected chi connectivity index (χ4v) is 2.04. The molecule has 0 bridgehead atoms. The number of aromatic nitrogens is 2. The average molecular weight is 175 g/mol. The molecule has 0 radical (unpaired) electrons. The Morgan fingerprint density at radius 2 is 2.54 bits per heavy atom. The smallest absolute Gasteiger partial charge is 0.148 e. The lowest BCUT2D eigenvalue weighted by Gasteiger charge is -2.15. The van der Waals surface area contributed by atoms with Crippen LogP contribution in [0.4, 0.5) is 5.82 Å². The summed E-state index contributed by atoms with van der Waals surface area (Å²) in [6.07, 6.45) is 4.17. The molecule has 3 rings (SSSR count). The molecule has 1 N–H and O–H groups in total. The highest BCUT2D eigenvalue weighted by atomic mass is 15.1. The number of nitrogens with zero attached hydrogens (tertiary/aromatic N) is 2. The van der Waals surface area contributed by atoms with E-state index in [0.29, 0.717) is 0 Å². The number of rotatable bonds is 1. The van der Waals surface area contributed by atoms with E-state index in [9.17, 15) is 0 Å². The Balaban J connectivity index is 2.06. The van der Waals surface area contributed by atoms with Crippen molar-refractivity contribution in [2.24, 2.45) is 5.92 Å². The minimum absolute atomic E-state index is 0.718. The van der Waals surface area contributed by atoms with Gasteiger partial charge in [-0.1, -0.05) is 6.92 Å². The fourth-order valence-electron chi connectivity index (χ4n) is 2.04. The molecule has 0 spiro atoms. The highest BCUT2D eigenvalue weighted by molar-refractivity contribution is 5.48. The number of anilines is 1. The van der Waals surface area contributed by atoms with Crippen LogP contribution in [0.25, 0.3) is 0 Å². The molecule has 1 aliphatic heterocycles. The molecule has 2 aliphatic rings. The summed E-state index contributed by atoms with van der Waals surface area (Å²) in [5.41, 5.74) is 2.34. The summed E-state index contributed by atoms with van der Waals surface area (Å²) in [7, 11) is 0. The lowest BCUT2D eigenvalue weighted by molar-refractivity contribution is 0.772. The molecule has 0 aromatic carbocycles. The lowest BCUT2D eigenvalue weighted by Crippen LogP contribution is -2.15. The van der Waals surface area contributed by atoms with E-state index in [2.05, 4.69) is 22.2 Å². The first-order valence-corrected chi connectivity index (χ1v) is 4.98. The van der Waals surface area contributed by atoms with E-state index in [0.717, 1.165) is 36.3 Å². The molecule has 2 unspecified atom stereocenters. The van der Waals surface area contributed by atoms with Crippen LogP contribution in [-0.2, 0) is 6.42 Å². The van der Waals surface area contributed by atoms with Crippen molar-refractivity contribution in [3.8, 4) is 0 Å². The van der Waals surface area contributed by atoms with Crippen molar-refractivity contribution in [3.05, 3.63) is 17.6 Å². The quantitative estimate of drug-likeness (QED) is 0.704. The normalized spacial score (nSPS) is 28.7. The Morgan fingerprint density at radius 1 is 1.62 bits per heavy atom. The maximum Gasteiger partial charge on any atom is 0.148 e. The molecule has 2 atom stereocenters. The van der Waals surface area contributed by atoms with Crippen molar-refractivity contribution in [1.29, 1.82) is 0 Å². The Morgan fingerprint density at radius 3 is 3.38 bits per heavy atom. The lowest BCUT2D eigenvalue weighted by atomic mass is 10.1. The summed E-state index contributed by atoms with van der Waals surface area (Å²) in [5, 5.41) is 3.33. The van der Waals surface area contributed by atoms with Crippen LogP contribution in [0.1, 0.15) is 30.7 Å². The fraction of sp³-hybridized carbons (Fsp3) is 0.600. The van der Waals surface area contributed by atoms with Crippen molar-refractivity contribution < 1.29 is 0 Å². The van der Waals surface area contributed by atoms with Crippen LogP contribution >= 0.6 is 0 Å². The van der Waals surface area contributed by atoms with Crippen molar-refractivity contribution in [2.45, 2.75) is 25.7 Å². The zero-order valence-corrected chi connectivity index (χ0v) is 7.75. The molecule has 0 saturated heterocycles. The molecule has 68 valence electrons. The van der Waals surface area contributed by atoms with Crippen LogP contribution in [-0.4, -0.2) is 16.5 Å². The monoisotopic (exact) mass is 175 g/mol. The van der Waals surface area contributed by atoms with Crippen molar-refractivity contribution >= 4 is 5.82 Å². The summed E-state index contributed by atoms with van der Waals surface area (Å²) in [4.78, 5) is 9.02. The predicted octanol–water partition coefficient (Wildman–Crippen LogP) is 1.57. The molecule has 1 fully saturated rings. The van der Waals surface area contributed by atoms with Gasteiger partial charge in [-0.15, -0.1) is 0 Å². The number of fused-ring (bicyclic) bond motifs is 3. The zero-order chi connectivity index (χ0) is 8.84. The van der Waals surface area contributed by atoms with Crippen LogP contribution in [0.15, 0.2) is 6.20 Å². The molecule has 1 saturated carbocycles. The number of hydrogen-bond donors (Lipinski definition) is 1. The largest absolute Gasteiger partial charge is 0.368 e. The van der Waals surface area contributed by atoms with E-state index in [1.807, 2.05) is 6.20 Å². The number of aryl methyl sites for hydroxylation is 1. The Labute approximate surface area is 77.6 Å². The molecule has 3 nitrogen and oxygen atoms in total. The second-order valence-electron chi connectivity index (χ2n) is 3.93. The molecule has 1 aliphatic carbocycles. The Bertz CT molecular complexity index is 348. The van der Waals surface area contributed by atoms with E-state index in [-0.39, 0.29) is 0 Å². The van der Waals surface area contributed by atoms with Crippen LogP contribution < -0.4 is 5.32 Å². The number of hydrogen-bond acceptors (Lipinski definition) is 3. The van der Waals surface area contributed by atoms with Gasteiger partial charge < -0.3 is 5.32 Å². The van der Waals surface area contributed by atoms with E-state index >= 15 is 0 Å². The van der Waals surface area contributed by atoms with Gasteiger partial charge in [-0.25, -0.2) is 4.98 Å². The molecule has 1 aromatic rings. The molecular formula is C10H13N3. The molecule has 2 heterocycles. The van der Waals surface area contributed by atoms with Gasteiger partial charge in [0.25, 0.3) is 0 Å². The second-order valence-corrected chi connectivity index (χ2v) is 3.93.